The SMILES string of the molecule is Cc1cccn2c(Cl)nnc12. The molecule has 0 atom stereocenters. The van der Waals surface area contributed by atoms with Crippen molar-refractivity contribution in [2.24, 2.45) is 0 Å². The van der Waals surface area contributed by atoms with Crippen molar-refractivity contribution in [1.82, 2.24) is 14.6 Å². The van der Waals surface area contributed by atoms with E-state index in [1.165, 1.54) is 0 Å². The number of aryl methyl sites for hydroxylation is 1. The van der Waals surface area contributed by atoms with Crippen molar-refractivity contribution < 1.29 is 0 Å². The van der Waals surface area contributed by atoms with Gasteiger partial charge in [-0.2, -0.15) is 0 Å². The smallest absolute Gasteiger partial charge is 0.229 e. The van der Waals surface area contributed by atoms with Crippen LogP contribution in [0.2, 0.25) is 5.28 Å². The molecular weight excluding hydrogens is 162 g/mol. The number of fused-ring (bicyclic) bond motifs is 1. The summed E-state index contributed by atoms with van der Waals surface area (Å²) >= 11 is 5.73. The highest BCUT2D eigenvalue weighted by molar-refractivity contribution is 6.28. The zero-order chi connectivity index (χ0) is 7.84. The van der Waals surface area contributed by atoms with Crippen LogP contribution in [0.25, 0.3) is 5.65 Å². The normalized spacial score (nSPS) is 10.7. The number of hydrogen-bond acceptors (Lipinski definition) is 2. The molecule has 0 aliphatic carbocycles. The lowest BCUT2D eigenvalue weighted by molar-refractivity contribution is 1.10. The molecule has 2 rings (SSSR count). The number of nitrogens with zero attached hydrogens (tertiary/aromatic N) is 3. The number of rotatable bonds is 0. The van der Waals surface area contributed by atoms with E-state index in [0.29, 0.717) is 5.28 Å². The van der Waals surface area contributed by atoms with Gasteiger partial charge in [0.15, 0.2) is 5.65 Å². The summed E-state index contributed by atoms with van der Waals surface area (Å²) in [4.78, 5) is 0. The van der Waals surface area contributed by atoms with E-state index in [-0.39, 0.29) is 0 Å². The van der Waals surface area contributed by atoms with Gasteiger partial charge in [0, 0.05) is 6.20 Å². The van der Waals surface area contributed by atoms with Crippen LogP contribution in [0.1, 0.15) is 5.56 Å². The Morgan fingerprint density at radius 2 is 2.27 bits per heavy atom. The molecule has 0 saturated heterocycles. The van der Waals surface area contributed by atoms with Crippen LogP contribution in [0.4, 0.5) is 0 Å². The van der Waals surface area contributed by atoms with E-state index in [9.17, 15) is 0 Å². The molecule has 4 heteroatoms. The largest absolute Gasteiger partial charge is 0.273 e. The average Bonchev–Trinajstić information content (AvgIpc) is 2.35. The summed E-state index contributed by atoms with van der Waals surface area (Å²) < 4.78 is 1.75. The van der Waals surface area contributed by atoms with Gasteiger partial charge in [0.1, 0.15) is 0 Å². The lowest BCUT2D eigenvalue weighted by Gasteiger charge is -1.93. The third-order valence-corrected chi connectivity index (χ3v) is 1.85. The predicted molar refractivity (Wildman–Crippen MR) is 42.7 cm³/mol. The topological polar surface area (TPSA) is 30.2 Å². The Hall–Kier alpha value is -1.09. The fraction of sp³-hybridized carbons (Fsp3) is 0.143. The van der Waals surface area contributed by atoms with E-state index in [1.807, 2.05) is 25.3 Å². The summed E-state index contributed by atoms with van der Waals surface area (Å²) in [7, 11) is 0. The fourth-order valence-electron chi connectivity index (χ4n) is 1.02. The Kier molecular flexibility index (Phi) is 1.32. The third kappa shape index (κ3) is 0.886. The average molecular weight is 168 g/mol. The second-order valence-electron chi connectivity index (χ2n) is 2.35. The van der Waals surface area contributed by atoms with Gasteiger partial charge in [0.25, 0.3) is 0 Å². The highest BCUT2D eigenvalue weighted by Gasteiger charge is 2.02. The van der Waals surface area contributed by atoms with E-state index in [2.05, 4.69) is 10.2 Å². The van der Waals surface area contributed by atoms with Crippen LogP contribution < -0.4 is 0 Å². The van der Waals surface area contributed by atoms with Gasteiger partial charge in [-0.3, -0.25) is 4.40 Å². The molecule has 56 valence electrons. The van der Waals surface area contributed by atoms with Crippen LogP contribution in [-0.4, -0.2) is 14.6 Å². The van der Waals surface area contributed by atoms with Crippen molar-refractivity contribution >= 4 is 17.2 Å². The number of aromatic nitrogens is 3. The standard InChI is InChI=1S/C7H6ClN3/c1-5-3-2-4-11-6(5)9-10-7(11)8/h2-4H,1H3. The summed E-state index contributed by atoms with van der Waals surface area (Å²) in [6.45, 7) is 1.97. The molecule has 0 amide bonds. The second-order valence-corrected chi connectivity index (χ2v) is 2.69. The van der Waals surface area contributed by atoms with Gasteiger partial charge >= 0.3 is 0 Å². The molecule has 0 unspecified atom stereocenters. The molecule has 2 heterocycles. The maximum absolute atomic E-state index is 5.73. The molecule has 0 fully saturated rings. The summed E-state index contributed by atoms with van der Waals surface area (Å²) in [5, 5.41) is 8.04. The first-order chi connectivity index (χ1) is 5.29. The van der Waals surface area contributed by atoms with Crippen LogP contribution in [0.3, 0.4) is 0 Å². The molecule has 0 aliphatic rings. The number of pyridine rings is 1. The quantitative estimate of drug-likeness (QED) is 0.598. The molecule has 11 heavy (non-hydrogen) atoms. The molecule has 0 aromatic carbocycles. The zero-order valence-corrected chi connectivity index (χ0v) is 6.71. The minimum Gasteiger partial charge on any atom is -0.273 e. The summed E-state index contributed by atoms with van der Waals surface area (Å²) in [6, 6.07) is 3.89. The van der Waals surface area contributed by atoms with Gasteiger partial charge in [-0.25, -0.2) is 0 Å². The van der Waals surface area contributed by atoms with Gasteiger partial charge in [-0.15, -0.1) is 10.2 Å². The van der Waals surface area contributed by atoms with Gasteiger partial charge in [-0.05, 0) is 30.2 Å². The molecule has 0 radical (unpaired) electrons. The van der Waals surface area contributed by atoms with E-state index < -0.39 is 0 Å². The third-order valence-electron chi connectivity index (χ3n) is 1.59. The van der Waals surface area contributed by atoms with E-state index in [4.69, 9.17) is 11.6 Å². The Morgan fingerprint density at radius 1 is 1.45 bits per heavy atom. The van der Waals surface area contributed by atoms with E-state index in [0.717, 1.165) is 11.2 Å². The minimum atomic E-state index is 0.406. The Bertz CT molecular complexity index is 393. The van der Waals surface area contributed by atoms with Crippen molar-refractivity contribution in [2.75, 3.05) is 0 Å². The zero-order valence-electron chi connectivity index (χ0n) is 5.95. The molecule has 3 nitrogen and oxygen atoms in total. The van der Waals surface area contributed by atoms with Crippen molar-refractivity contribution in [2.45, 2.75) is 6.92 Å². The molecular formula is C7H6ClN3. The monoisotopic (exact) mass is 167 g/mol. The van der Waals surface area contributed by atoms with Gasteiger partial charge in [0.2, 0.25) is 5.28 Å². The van der Waals surface area contributed by atoms with Gasteiger partial charge in [0.05, 0.1) is 0 Å². The summed E-state index contributed by atoms with van der Waals surface area (Å²) in [5.74, 6) is 0. The molecule has 0 spiro atoms. The first kappa shape index (κ1) is 6.61. The first-order valence-electron chi connectivity index (χ1n) is 3.25. The predicted octanol–water partition coefficient (Wildman–Crippen LogP) is 1.69. The summed E-state index contributed by atoms with van der Waals surface area (Å²) in [6.07, 6.45) is 1.84. The number of halogens is 1. The van der Waals surface area contributed by atoms with Crippen molar-refractivity contribution in [3.8, 4) is 0 Å². The maximum Gasteiger partial charge on any atom is 0.229 e. The molecule has 2 aromatic heterocycles. The van der Waals surface area contributed by atoms with Crippen molar-refractivity contribution in [1.29, 1.82) is 0 Å². The first-order valence-corrected chi connectivity index (χ1v) is 3.62. The van der Waals surface area contributed by atoms with Gasteiger partial charge in [-0.1, -0.05) is 6.07 Å². The van der Waals surface area contributed by atoms with E-state index in [1.54, 1.807) is 4.40 Å². The van der Waals surface area contributed by atoms with Crippen LogP contribution in [0.15, 0.2) is 18.3 Å². The molecule has 0 saturated carbocycles. The number of hydrogen-bond donors (Lipinski definition) is 0. The highest BCUT2D eigenvalue weighted by atomic mass is 35.5. The lowest BCUT2D eigenvalue weighted by atomic mass is 10.3. The Balaban J connectivity index is 2.94. The second kappa shape index (κ2) is 2.20. The molecule has 0 aliphatic heterocycles. The summed E-state index contributed by atoms with van der Waals surface area (Å²) in [5.41, 5.74) is 1.89. The van der Waals surface area contributed by atoms with E-state index >= 15 is 0 Å². The Morgan fingerprint density at radius 3 is 3.00 bits per heavy atom. The van der Waals surface area contributed by atoms with Crippen molar-refractivity contribution in [3.05, 3.63) is 29.2 Å². The maximum atomic E-state index is 5.73. The lowest BCUT2D eigenvalue weighted by Crippen LogP contribution is -1.85. The van der Waals surface area contributed by atoms with Crippen molar-refractivity contribution in [3.63, 3.8) is 0 Å². The fourth-order valence-corrected chi connectivity index (χ4v) is 1.20. The highest BCUT2D eigenvalue weighted by Crippen LogP contribution is 2.11. The van der Waals surface area contributed by atoms with Crippen LogP contribution in [-0.2, 0) is 0 Å². The van der Waals surface area contributed by atoms with Crippen LogP contribution in [0.5, 0.6) is 0 Å². The molecule has 0 bridgehead atoms. The van der Waals surface area contributed by atoms with Crippen LogP contribution in [0, 0.1) is 6.92 Å². The molecule has 2 aromatic rings. The minimum absolute atomic E-state index is 0.406. The van der Waals surface area contributed by atoms with Crippen LogP contribution >= 0.6 is 11.6 Å². The van der Waals surface area contributed by atoms with Gasteiger partial charge < -0.3 is 0 Å². The Labute approximate surface area is 68.6 Å². The molecule has 0 N–H and O–H groups in total.